The SMILES string of the molecule is O=C(O)C1CCC(c2nc(N3CCCC3)no2)O1. The highest BCUT2D eigenvalue weighted by molar-refractivity contribution is 5.72. The average Bonchev–Trinajstić information content (AvgIpc) is 3.10. The first-order valence-corrected chi connectivity index (χ1v) is 6.21. The molecule has 2 atom stereocenters. The first-order chi connectivity index (χ1) is 8.74. The summed E-state index contributed by atoms with van der Waals surface area (Å²) in [6, 6.07) is 0. The third kappa shape index (κ3) is 2.05. The fourth-order valence-electron chi connectivity index (χ4n) is 2.40. The van der Waals surface area contributed by atoms with E-state index in [1.807, 2.05) is 0 Å². The Balaban J connectivity index is 1.68. The van der Waals surface area contributed by atoms with Crippen molar-refractivity contribution < 1.29 is 19.2 Å². The summed E-state index contributed by atoms with van der Waals surface area (Å²) >= 11 is 0. The molecule has 98 valence electrons. The van der Waals surface area contributed by atoms with Gasteiger partial charge in [-0.05, 0) is 30.8 Å². The Hall–Kier alpha value is -1.63. The topological polar surface area (TPSA) is 88.7 Å². The molecule has 3 heterocycles. The minimum absolute atomic E-state index is 0.380. The van der Waals surface area contributed by atoms with Crippen molar-refractivity contribution in [3.8, 4) is 0 Å². The molecule has 2 fully saturated rings. The Kier molecular flexibility index (Phi) is 2.91. The van der Waals surface area contributed by atoms with Crippen molar-refractivity contribution in [2.75, 3.05) is 18.0 Å². The number of carboxylic acid groups (broad SMARTS) is 1. The molecule has 0 aliphatic carbocycles. The fourth-order valence-corrected chi connectivity index (χ4v) is 2.40. The molecule has 0 bridgehead atoms. The molecule has 0 aromatic carbocycles. The molecular formula is C11H15N3O4. The van der Waals surface area contributed by atoms with Gasteiger partial charge < -0.3 is 19.3 Å². The van der Waals surface area contributed by atoms with Crippen LogP contribution >= 0.6 is 0 Å². The molecule has 2 unspecified atom stereocenters. The van der Waals surface area contributed by atoms with E-state index in [1.54, 1.807) is 0 Å². The maximum Gasteiger partial charge on any atom is 0.332 e. The molecule has 7 heteroatoms. The normalized spacial score (nSPS) is 27.9. The van der Waals surface area contributed by atoms with Crippen LogP contribution in [-0.4, -0.2) is 40.4 Å². The van der Waals surface area contributed by atoms with Crippen molar-refractivity contribution >= 4 is 11.9 Å². The van der Waals surface area contributed by atoms with Gasteiger partial charge in [0, 0.05) is 13.1 Å². The number of aliphatic carboxylic acids is 1. The van der Waals surface area contributed by atoms with Gasteiger partial charge in [-0.15, -0.1) is 0 Å². The average molecular weight is 253 g/mol. The summed E-state index contributed by atoms with van der Waals surface area (Å²) in [6.45, 7) is 1.89. The van der Waals surface area contributed by atoms with Crippen LogP contribution in [0.15, 0.2) is 4.52 Å². The highest BCUT2D eigenvalue weighted by Gasteiger charge is 2.35. The van der Waals surface area contributed by atoms with Crippen LogP contribution in [-0.2, 0) is 9.53 Å². The van der Waals surface area contributed by atoms with E-state index < -0.39 is 12.1 Å². The Morgan fingerprint density at radius 3 is 2.78 bits per heavy atom. The van der Waals surface area contributed by atoms with Crippen LogP contribution in [0.3, 0.4) is 0 Å². The summed E-state index contributed by atoms with van der Waals surface area (Å²) < 4.78 is 10.5. The van der Waals surface area contributed by atoms with Crippen molar-refractivity contribution in [1.82, 2.24) is 10.1 Å². The highest BCUT2D eigenvalue weighted by atomic mass is 16.6. The zero-order valence-corrected chi connectivity index (χ0v) is 9.91. The van der Waals surface area contributed by atoms with E-state index in [9.17, 15) is 4.79 Å². The van der Waals surface area contributed by atoms with Gasteiger partial charge in [0.15, 0.2) is 6.10 Å². The Morgan fingerprint density at radius 2 is 2.11 bits per heavy atom. The Labute approximate surface area is 104 Å². The predicted octanol–water partition coefficient (Wildman–Crippen LogP) is 0.974. The summed E-state index contributed by atoms with van der Waals surface area (Å²) in [5, 5.41) is 12.8. The second-order valence-corrected chi connectivity index (χ2v) is 4.66. The van der Waals surface area contributed by atoms with E-state index in [2.05, 4.69) is 15.0 Å². The molecule has 1 N–H and O–H groups in total. The van der Waals surface area contributed by atoms with Gasteiger partial charge in [-0.2, -0.15) is 4.98 Å². The minimum atomic E-state index is -0.934. The molecule has 0 spiro atoms. The number of anilines is 1. The lowest BCUT2D eigenvalue weighted by Crippen LogP contribution is -2.19. The molecule has 0 amide bonds. The van der Waals surface area contributed by atoms with Crippen LogP contribution in [0.4, 0.5) is 5.95 Å². The van der Waals surface area contributed by atoms with E-state index in [0.29, 0.717) is 24.7 Å². The van der Waals surface area contributed by atoms with Crippen molar-refractivity contribution in [2.45, 2.75) is 37.9 Å². The third-order valence-electron chi connectivity index (χ3n) is 3.39. The Morgan fingerprint density at radius 1 is 1.33 bits per heavy atom. The molecule has 1 aromatic heterocycles. The lowest BCUT2D eigenvalue weighted by atomic mass is 10.2. The maximum absolute atomic E-state index is 10.8. The lowest BCUT2D eigenvalue weighted by Gasteiger charge is -2.10. The van der Waals surface area contributed by atoms with Crippen LogP contribution < -0.4 is 4.90 Å². The number of carboxylic acids is 1. The smallest absolute Gasteiger partial charge is 0.332 e. The van der Waals surface area contributed by atoms with Crippen molar-refractivity contribution in [3.63, 3.8) is 0 Å². The van der Waals surface area contributed by atoms with Gasteiger partial charge in [-0.25, -0.2) is 4.79 Å². The lowest BCUT2D eigenvalue weighted by molar-refractivity contribution is -0.150. The standard InChI is InChI=1S/C11H15N3O4/c15-10(16)8-4-3-7(17-8)9-12-11(13-18-9)14-5-1-2-6-14/h7-8H,1-6H2,(H,15,16). The van der Waals surface area contributed by atoms with Crippen LogP contribution in [0.5, 0.6) is 0 Å². The zero-order valence-electron chi connectivity index (χ0n) is 9.91. The van der Waals surface area contributed by atoms with Gasteiger partial charge in [-0.1, -0.05) is 0 Å². The van der Waals surface area contributed by atoms with Crippen molar-refractivity contribution in [3.05, 3.63) is 5.89 Å². The van der Waals surface area contributed by atoms with Gasteiger partial charge in [0.25, 0.3) is 11.8 Å². The van der Waals surface area contributed by atoms with Gasteiger partial charge in [-0.3, -0.25) is 0 Å². The van der Waals surface area contributed by atoms with Gasteiger partial charge in [0.1, 0.15) is 6.10 Å². The molecule has 2 saturated heterocycles. The van der Waals surface area contributed by atoms with E-state index in [4.69, 9.17) is 14.4 Å². The van der Waals surface area contributed by atoms with Crippen LogP contribution in [0.25, 0.3) is 0 Å². The molecule has 2 aliphatic heterocycles. The highest BCUT2D eigenvalue weighted by Crippen LogP contribution is 2.32. The number of hydrogen-bond acceptors (Lipinski definition) is 6. The monoisotopic (exact) mass is 253 g/mol. The first-order valence-electron chi connectivity index (χ1n) is 6.21. The molecule has 18 heavy (non-hydrogen) atoms. The van der Waals surface area contributed by atoms with Crippen molar-refractivity contribution in [2.24, 2.45) is 0 Å². The van der Waals surface area contributed by atoms with Crippen LogP contribution in [0.1, 0.15) is 37.7 Å². The summed E-state index contributed by atoms with van der Waals surface area (Å²) in [7, 11) is 0. The van der Waals surface area contributed by atoms with Gasteiger partial charge >= 0.3 is 5.97 Å². The molecule has 0 saturated carbocycles. The van der Waals surface area contributed by atoms with Crippen molar-refractivity contribution in [1.29, 1.82) is 0 Å². The predicted molar refractivity (Wildman–Crippen MR) is 60.2 cm³/mol. The number of carbonyl (C=O) groups is 1. The minimum Gasteiger partial charge on any atom is -0.479 e. The fraction of sp³-hybridized carbons (Fsp3) is 0.727. The second kappa shape index (κ2) is 4.56. The molecule has 1 aromatic rings. The van der Waals surface area contributed by atoms with E-state index >= 15 is 0 Å². The zero-order chi connectivity index (χ0) is 12.5. The van der Waals surface area contributed by atoms with Crippen LogP contribution in [0, 0.1) is 0 Å². The number of aromatic nitrogens is 2. The molecule has 3 rings (SSSR count). The molecule has 0 radical (unpaired) electrons. The van der Waals surface area contributed by atoms with E-state index in [1.165, 1.54) is 0 Å². The summed E-state index contributed by atoms with van der Waals surface area (Å²) in [5.74, 6) is 0.0438. The number of rotatable bonds is 3. The molecular weight excluding hydrogens is 238 g/mol. The maximum atomic E-state index is 10.8. The summed E-state index contributed by atoms with van der Waals surface area (Å²) in [6.07, 6.45) is 2.25. The van der Waals surface area contributed by atoms with E-state index in [-0.39, 0.29) is 6.10 Å². The largest absolute Gasteiger partial charge is 0.479 e. The first kappa shape index (κ1) is 11.5. The van der Waals surface area contributed by atoms with Gasteiger partial charge in [0.2, 0.25) is 0 Å². The summed E-state index contributed by atoms with van der Waals surface area (Å²) in [4.78, 5) is 17.2. The number of nitrogens with zero attached hydrogens (tertiary/aromatic N) is 3. The summed E-state index contributed by atoms with van der Waals surface area (Å²) in [5.41, 5.74) is 0. The molecule has 2 aliphatic rings. The second-order valence-electron chi connectivity index (χ2n) is 4.66. The third-order valence-corrected chi connectivity index (χ3v) is 3.39. The van der Waals surface area contributed by atoms with Gasteiger partial charge in [0.05, 0.1) is 0 Å². The number of hydrogen-bond donors (Lipinski definition) is 1. The molecule has 7 nitrogen and oxygen atoms in total. The van der Waals surface area contributed by atoms with E-state index in [0.717, 1.165) is 25.9 Å². The van der Waals surface area contributed by atoms with Crippen LogP contribution in [0.2, 0.25) is 0 Å². The number of ether oxygens (including phenoxy) is 1. The Bertz CT molecular complexity index is 441. The quantitative estimate of drug-likeness (QED) is 0.858.